The molecule has 0 saturated heterocycles. The molecule has 1 saturated carbocycles. The highest BCUT2D eigenvalue weighted by atomic mass is 32.2. The number of carbonyl (C=O) groups excluding carboxylic acids is 1. The van der Waals surface area contributed by atoms with Gasteiger partial charge in [0.1, 0.15) is 0 Å². The third-order valence-electron chi connectivity index (χ3n) is 2.50. The van der Waals surface area contributed by atoms with Crippen LogP contribution in [0.2, 0.25) is 0 Å². The fraction of sp³-hybridized carbons (Fsp3) is 0.900. The number of sulfonamides is 1. The van der Waals surface area contributed by atoms with Gasteiger partial charge in [-0.05, 0) is 26.7 Å². The van der Waals surface area contributed by atoms with Crippen LogP contribution in [-0.4, -0.2) is 43.5 Å². The molecule has 0 radical (unpaired) electrons. The first-order valence-electron chi connectivity index (χ1n) is 5.57. The smallest absolute Gasteiger partial charge is 0.221 e. The Morgan fingerprint density at radius 1 is 1.44 bits per heavy atom. The van der Waals surface area contributed by atoms with Crippen molar-refractivity contribution in [1.82, 2.24) is 9.62 Å². The van der Waals surface area contributed by atoms with E-state index in [9.17, 15) is 13.2 Å². The molecule has 16 heavy (non-hydrogen) atoms. The fourth-order valence-electron chi connectivity index (χ4n) is 1.55. The Balaban J connectivity index is 2.40. The number of hydrogen-bond donors (Lipinski definition) is 1. The van der Waals surface area contributed by atoms with Gasteiger partial charge >= 0.3 is 0 Å². The Hall–Kier alpha value is -0.620. The van der Waals surface area contributed by atoms with Gasteiger partial charge in [0.15, 0.2) is 0 Å². The molecule has 0 aromatic heterocycles. The van der Waals surface area contributed by atoms with E-state index >= 15 is 0 Å². The molecule has 1 N–H and O–H groups in total. The zero-order valence-electron chi connectivity index (χ0n) is 10.1. The van der Waals surface area contributed by atoms with E-state index in [1.165, 1.54) is 10.6 Å². The Morgan fingerprint density at radius 2 is 2.00 bits per heavy atom. The van der Waals surface area contributed by atoms with Crippen molar-refractivity contribution in [2.24, 2.45) is 0 Å². The molecule has 0 heterocycles. The molecule has 0 aromatic carbocycles. The summed E-state index contributed by atoms with van der Waals surface area (Å²) in [6.07, 6.45) is 3.50. The third kappa shape index (κ3) is 4.49. The summed E-state index contributed by atoms with van der Waals surface area (Å²) in [5.41, 5.74) is 0. The highest BCUT2D eigenvalue weighted by molar-refractivity contribution is 7.88. The molecule has 94 valence electrons. The number of hydrogen-bond acceptors (Lipinski definition) is 3. The van der Waals surface area contributed by atoms with Gasteiger partial charge in [0.05, 0.1) is 6.26 Å². The lowest BCUT2D eigenvalue weighted by atomic mass is 10.3. The fourth-order valence-corrected chi connectivity index (χ4v) is 2.74. The van der Waals surface area contributed by atoms with Gasteiger partial charge in [-0.2, -0.15) is 4.31 Å². The monoisotopic (exact) mass is 248 g/mol. The van der Waals surface area contributed by atoms with Crippen LogP contribution in [0.1, 0.15) is 33.1 Å². The summed E-state index contributed by atoms with van der Waals surface area (Å²) in [4.78, 5) is 11.4. The maximum Gasteiger partial charge on any atom is 0.221 e. The summed E-state index contributed by atoms with van der Waals surface area (Å²) in [5, 5.41) is 2.84. The minimum absolute atomic E-state index is 0.0585. The number of amides is 1. The van der Waals surface area contributed by atoms with Crippen molar-refractivity contribution >= 4 is 15.9 Å². The Bertz CT molecular complexity index is 347. The van der Waals surface area contributed by atoms with Crippen LogP contribution in [0.3, 0.4) is 0 Å². The van der Waals surface area contributed by atoms with Crippen LogP contribution >= 0.6 is 0 Å². The van der Waals surface area contributed by atoms with Crippen molar-refractivity contribution in [1.29, 1.82) is 0 Å². The van der Waals surface area contributed by atoms with Gasteiger partial charge in [-0.15, -0.1) is 0 Å². The summed E-state index contributed by atoms with van der Waals surface area (Å²) >= 11 is 0. The Labute approximate surface area is 97.2 Å². The van der Waals surface area contributed by atoms with Crippen molar-refractivity contribution < 1.29 is 13.2 Å². The van der Waals surface area contributed by atoms with Crippen molar-refractivity contribution in [3.05, 3.63) is 0 Å². The number of nitrogens with one attached hydrogen (secondary N) is 1. The minimum atomic E-state index is -3.22. The topological polar surface area (TPSA) is 66.5 Å². The van der Waals surface area contributed by atoms with Crippen LogP contribution in [0.4, 0.5) is 0 Å². The minimum Gasteiger partial charge on any atom is -0.353 e. The Kier molecular flexibility index (Phi) is 4.32. The first-order chi connectivity index (χ1) is 7.30. The largest absolute Gasteiger partial charge is 0.353 e. The van der Waals surface area contributed by atoms with Gasteiger partial charge in [0.25, 0.3) is 0 Å². The second-order valence-corrected chi connectivity index (χ2v) is 6.49. The van der Waals surface area contributed by atoms with Gasteiger partial charge in [-0.25, -0.2) is 8.42 Å². The molecule has 0 unspecified atom stereocenters. The zero-order chi connectivity index (χ0) is 12.3. The van der Waals surface area contributed by atoms with E-state index in [1.54, 1.807) is 13.8 Å². The van der Waals surface area contributed by atoms with Crippen LogP contribution in [0, 0.1) is 0 Å². The lowest BCUT2D eigenvalue weighted by Crippen LogP contribution is -2.39. The second kappa shape index (κ2) is 5.14. The molecule has 0 bridgehead atoms. The summed E-state index contributed by atoms with van der Waals surface area (Å²) in [6, 6.07) is 0.224. The molecule has 1 rings (SSSR count). The molecular formula is C10H20N2O3S. The van der Waals surface area contributed by atoms with E-state index < -0.39 is 10.0 Å². The molecule has 1 fully saturated rings. The van der Waals surface area contributed by atoms with Crippen molar-refractivity contribution in [3.63, 3.8) is 0 Å². The van der Waals surface area contributed by atoms with Gasteiger partial charge in [-0.1, -0.05) is 0 Å². The van der Waals surface area contributed by atoms with Crippen LogP contribution in [0.25, 0.3) is 0 Å². The Morgan fingerprint density at radius 3 is 2.38 bits per heavy atom. The molecule has 1 aliphatic carbocycles. The lowest BCUT2D eigenvalue weighted by Gasteiger charge is -2.23. The van der Waals surface area contributed by atoms with E-state index in [-0.39, 0.29) is 24.9 Å². The van der Waals surface area contributed by atoms with Crippen molar-refractivity contribution in [3.8, 4) is 0 Å². The molecule has 0 atom stereocenters. The SMILES string of the molecule is CC(C)N(CCC(=O)NC1CC1)S(C)(=O)=O. The maximum atomic E-state index is 11.4. The predicted octanol–water partition coefficient (Wildman–Crippen LogP) is 0.325. The average Bonchev–Trinajstić information content (AvgIpc) is 2.84. The van der Waals surface area contributed by atoms with Gasteiger partial charge in [0.2, 0.25) is 15.9 Å². The van der Waals surface area contributed by atoms with Gasteiger partial charge < -0.3 is 5.32 Å². The molecule has 0 aromatic rings. The van der Waals surface area contributed by atoms with Gasteiger partial charge in [-0.3, -0.25) is 4.79 Å². The lowest BCUT2D eigenvalue weighted by molar-refractivity contribution is -0.121. The third-order valence-corrected chi connectivity index (χ3v) is 3.96. The highest BCUT2D eigenvalue weighted by Gasteiger charge is 2.25. The first kappa shape index (κ1) is 13.4. The molecule has 5 nitrogen and oxygen atoms in total. The molecule has 6 heteroatoms. The first-order valence-corrected chi connectivity index (χ1v) is 7.41. The van der Waals surface area contributed by atoms with Crippen LogP contribution < -0.4 is 5.32 Å². The summed E-state index contributed by atoms with van der Waals surface area (Å²) in [5.74, 6) is -0.0585. The van der Waals surface area contributed by atoms with E-state index in [2.05, 4.69) is 5.32 Å². The molecule has 1 aliphatic rings. The van der Waals surface area contributed by atoms with E-state index in [4.69, 9.17) is 0 Å². The molecule has 0 aliphatic heterocycles. The number of nitrogens with zero attached hydrogens (tertiary/aromatic N) is 1. The molecule has 1 amide bonds. The summed E-state index contributed by atoms with van der Waals surface area (Å²) in [6.45, 7) is 3.87. The van der Waals surface area contributed by atoms with E-state index in [1.807, 2.05) is 0 Å². The standard InChI is InChI=1S/C10H20N2O3S/c1-8(2)12(16(3,14)15)7-6-10(13)11-9-4-5-9/h8-9H,4-7H2,1-3H3,(H,11,13). The predicted molar refractivity (Wildman–Crippen MR) is 62.5 cm³/mol. The van der Waals surface area contributed by atoms with Crippen molar-refractivity contribution in [2.75, 3.05) is 12.8 Å². The number of rotatable bonds is 6. The van der Waals surface area contributed by atoms with Crippen LogP contribution in [0.15, 0.2) is 0 Å². The number of carbonyl (C=O) groups is 1. The average molecular weight is 248 g/mol. The van der Waals surface area contributed by atoms with Crippen LogP contribution in [0.5, 0.6) is 0 Å². The molecular weight excluding hydrogens is 228 g/mol. The van der Waals surface area contributed by atoms with E-state index in [0.717, 1.165) is 12.8 Å². The van der Waals surface area contributed by atoms with Crippen molar-refractivity contribution in [2.45, 2.75) is 45.2 Å². The molecule has 0 spiro atoms. The zero-order valence-corrected chi connectivity index (χ0v) is 10.9. The summed E-state index contributed by atoms with van der Waals surface area (Å²) in [7, 11) is -3.22. The summed E-state index contributed by atoms with van der Waals surface area (Å²) < 4.78 is 24.2. The normalized spacial score (nSPS) is 16.8. The second-order valence-electron chi connectivity index (χ2n) is 4.56. The van der Waals surface area contributed by atoms with Crippen LogP contribution in [-0.2, 0) is 14.8 Å². The van der Waals surface area contributed by atoms with Gasteiger partial charge in [0, 0.05) is 25.0 Å². The quantitative estimate of drug-likeness (QED) is 0.736. The van der Waals surface area contributed by atoms with E-state index in [0.29, 0.717) is 6.04 Å². The maximum absolute atomic E-state index is 11.4. The highest BCUT2D eigenvalue weighted by Crippen LogP contribution is 2.18.